The van der Waals surface area contributed by atoms with E-state index in [2.05, 4.69) is 4.74 Å². The van der Waals surface area contributed by atoms with Crippen molar-refractivity contribution in [2.75, 3.05) is 25.9 Å². The predicted octanol–water partition coefficient (Wildman–Crippen LogP) is 0.930. The molecule has 1 aromatic carbocycles. The molecule has 102 valence electrons. The van der Waals surface area contributed by atoms with Crippen molar-refractivity contribution < 1.29 is 14.3 Å². The lowest BCUT2D eigenvalue weighted by molar-refractivity contribution is -0.139. The largest absolute Gasteiger partial charge is 0.469 e. The molecule has 2 rings (SSSR count). The number of hydrogen-bond acceptors (Lipinski definition) is 4. The molecule has 1 amide bonds. The molecule has 1 saturated heterocycles. The van der Waals surface area contributed by atoms with Gasteiger partial charge >= 0.3 is 5.97 Å². The van der Waals surface area contributed by atoms with Gasteiger partial charge in [0, 0.05) is 31.6 Å². The number of hydrogen-bond donors (Lipinski definition) is 1. The van der Waals surface area contributed by atoms with Crippen LogP contribution in [0.15, 0.2) is 18.2 Å². The molecule has 5 nitrogen and oxygen atoms in total. The number of carbonyl (C=O) groups excluding carboxylic acids is 2. The Hall–Kier alpha value is -2.04. The molecule has 19 heavy (non-hydrogen) atoms. The zero-order valence-corrected chi connectivity index (χ0v) is 11.2. The van der Waals surface area contributed by atoms with Gasteiger partial charge in [0.25, 0.3) is 0 Å². The lowest BCUT2D eigenvalue weighted by atomic mass is 9.89. The standard InChI is InChI=1S/C14H18N2O3/c1-9(17)16-7-12(8-16)10-3-4-13(15)11(5-10)6-14(18)19-2/h3-5,12H,6-8,15H2,1-2H3. The van der Waals surface area contributed by atoms with Gasteiger partial charge in [-0.25, -0.2) is 0 Å². The van der Waals surface area contributed by atoms with Gasteiger partial charge in [0.05, 0.1) is 13.5 Å². The number of carbonyl (C=O) groups is 2. The number of benzene rings is 1. The van der Waals surface area contributed by atoms with E-state index in [1.165, 1.54) is 7.11 Å². The van der Waals surface area contributed by atoms with E-state index in [0.29, 0.717) is 11.6 Å². The van der Waals surface area contributed by atoms with Gasteiger partial charge in [-0.3, -0.25) is 9.59 Å². The average molecular weight is 262 g/mol. The van der Waals surface area contributed by atoms with Crippen LogP contribution in [0.5, 0.6) is 0 Å². The first kappa shape index (κ1) is 13.4. The number of anilines is 1. The van der Waals surface area contributed by atoms with E-state index in [9.17, 15) is 9.59 Å². The van der Waals surface area contributed by atoms with E-state index >= 15 is 0 Å². The van der Waals surface area contributed by atoms with Crippen molar-refractivity contribution >= 4 is 17.6 Å². The van der Waals surface area contributed by atoms with Crippen LogP contribution in [0.25, 0.3) is 0 Å². The Morgan fingerprint density at radius 3 is 2.68 bits per heavy atom. The fourth-order valence-corrected chi connectivity index (χ4v) is 2.21. The molecular weight excluding hydrogens is 244 g/mol. The maximum absolute atomic E-state index is 11.3. The highest BCUT2D eigenvalue weighted by molar-refractivity contribution is 5.75. The van der Waals surface area contributed by atoms with Gasteiger partial charge in [-0.2, -0.15) is 0 Å². The Kier molecular flexibility index (Phi) is 3.74. The number of amides is 1. The zero-order chi connectivity index (χ0) is 14.0. The third-order valence-electron chi connectivity index (χ3n) is 3.53. The second kappa shape index (κ2) is 5.30. The van der Waals surface area contributed by atoms with Crippen molar-refractivity contribution in [3.63, 3.8) is 0 Å². The Labute approximate surface area is 112 Å². The van der Waals surface area contributed by atoms with E-state index in [1.807, 2.05) is 18.2 Å². The predicted molar refractivity (Wildman–Crippen MR) is 71.6 cm³/mol. The Morgan fingerprint density at radius 2 is 2.11 bits per heavy atom. The van der Waals surface area contributed by atoms with Crippen molar-refractivity contribution in [1.82, 2.24) is 4.90 Å². The summed E-state index contributed by atoms with van der Waals surface area (Å²) in [5.41, 5.74) is 8.35. The number of esters is 1. The molecule has 5 heteroatoms. The molecule has 1 fully saturated rings. The summed E-state index contributed by atoms with van der Waals surface area (Å²) < 4.78 is 4.65. The molecule has 1 heterocycles. The van der Waals surface area contributed by atoms with Crippen molar-refractivity contribution in [3.8, 4) is 0 Å². The van der Waals surface area contributed by atoms with Crippen molar-refractivity contribution in [3.05, 3.63) is 29.3 Å². The van der Waals surface area contributed by atoms with Crippen LogP contribution in [0.3, 0.4) is 0 Å². The van der Waals surface area contributed by atoms with Crippen LogP contribution in [0, 0.1) is 0 Å². The summed E-state index contributed by atoms with van der Waals surface area (Å²) in [6.45, 7) is 3.04. The van der Waals surface area contributed by atoms with E-state index in [4.69, 9.17) is 5.73 Å². The highest BCUT2D eigenvalue weighted by atomic mass is 16.5. The van der Waals surface area contributed by atoms with Gasteiger partial charge in [0.15, 0.2) is 0 Å². The van der Waals surface area contributed by atoms with Crippen LogP contribution in [0.4, 0.5) is 5.69 Å². The Morgan fingerprint density at radius 1 is 1.42 bits per heavy atom. The van der Waals surface area contributed by atoms with Crippen LogP contribution in [-0.4, -0.2) is 37.0 Å². The molecule has 1 aliphatic rings. The minimum absolute atomic E-state index is 0.0986. The number of methoxy groups -OCH3 is 1. The van der Waals surface area contributed by atoms with E-state index < -0.39 is 0 Å². The summed E-state index contributed by atoms with van der Waals surface area (Å²) in [5.74, 6) is 0.130. The highest BCUT2D eigenvalue weighted by Crippen LogP contribution is 2.29. The van der Waals surface area contributed by atoms with Gasteiger partial charge in [0.2, 0.25) is 5.91 Å². The van der Waals surface area contributed by atoms with E-state index in [1.54, 1.807) is 11.8 Å². The number of ether oxygens (including phenoxy) is 1. The van der Waals surface area contributed by atoms with Crippen LogP contribution in [-0.2, 0) is 20.7 Å². The fraction of sp³-hybridized carbons (Fsp3) is 0.429. The average Bonchev–Trinajstić information content (AvgIpc) is 2.30. The number of nitrogens with two attached hydrogens (primary N) is 1. The first-order valence-corrected chi connectivity index (χ1v) is 6.22. The molecule has 1 aliphatic heterocycles. The summed E-state index contributed by atoms with van der Waals surface area (Å²) in [6.07, 6.45) is 0.180. The first-order valence-electron chi connectivity index (χ1n) is 6.22. The minimum Gasteiger partial charge on any atom is -0.469 e. The van der Waals surface area contributed by atoms with Crippen LogP contribution >= 0.6 is 0 Å². The summed E-state index contributed by atoms with van der Waals surface area (Å²) >= 11 is 0. The third kappa shape index (κ3) is 2.86. The number of likely N-dealkylation sites (tertiary alicyclic amines) is 1. The van der Waals surface area contributed by atoms with Crippen molar-refractivity contribution in [1.29, 1.82) is 0 Å². The van der Waals surface area contributed by atoms with Gasteiger partial charge in [0.1, 0.15) is 0 Å². The number of rotatable bonds is 3. The van der Waals surface area contributed by atoms with E-state index in [-0.39, 0.29) is 18.3 Å². The summed E-state index contributed by atoms with van der Waals surface area (Å²) in [4.78, 5) is 24.3. The molecule has 2 N–H and O–H groups in total. The molecule has 0 spiro atoms. The van der Waals surface area contributed by atoms with Gasteiger partial charge in [-0.05, 0) is 17.2 Å². The summed E-state index contributed by atoms with van der Waals surface area (Å²) in [7, 11) is 1.36. The SMILES string of the molecule is COC(=O)Cc1cc(C2CN(C(C)=O)C2)ccc1N. The topological polar surface area (TPSA) is 72.6 Å². The third-order valence-corrected chi connectivity index (χ3v) is 3.53. The number of nitrogens with zero attached hydrogens (tertiary/aromatic N) is 1. The van der Waals surface area contributed by atoms with Crippen LogP contribution in [0.2, 0.25) is 0 Å². The lowest BCUT2D eigenvalue weighted by Gasteiger charge is -2.39. The van der Waals surface area contributed by atoms with Crippen molar-refractivity contribution in [2.24, 2.45) is 0 Å². The molecule has 0 aromatic heterocycles. The molecule has 0 atom stereocenters. The zero-order valence-electron chi connectivity index (χ0n) is 11.2. The lowest BCUT2D eigenvalue weighted by Crippen LogP contribution is -2.47. The van der Waals surface area contributed by atoms with E-state index in [0.717, 1.165) is 24.2 Å². The minimum atomic E-state index is -0.303. The molecule has 0 bridgehead atoms. The van der Waals surface area contributed by atoms with Gasteiger partial charge in [-0.1, -0.05) is 12.1 Å². The first-order chi connectivity index (χ1) is 9.01. The molecule has 1 aromatic rings. The van der Waals surface area contributed by atoms with Gasteiger partial charge < -0.3 is 15.4 Å². The molecule has 0 aliphatic carbocycles. The normalized spacial score (nSPS) is 14.9. The molecule has 0 unspecified atom stereocenters. The number of nitrogen functional groups attached to an aromatic ring is 1. The Bertz CT molecular complexity index is 507. The molecular formula is C14H18N2O3. The monoisotopic (exact) mass is 262 g/mol. The fourth-order valence-electron chi connectivity index (χ4n) is 2.21. The highest BCUT2D eigenvalue weighted by Gasteiger charge is 2.30. The van der Waals surface area contributed by atoms with Gasteiger partial charge in [-0.15, -0.1) is 0 Å². The summed E-state index contributed by atoms with van der Waals surface area (Å²) in [6, 6.07) is 5.71. The second-order valence-electron chi connectivity index (χ2n) is 4.83. The second-order valence-corrected chi connectivity index (χ2v) is 4.83. The quantitative estimate of drug-likeness (QED) is 0.649. The molecule has 0 radical (unpaired) electrons. The van der Waals surface area contributed by atoms with Crippen molar-refractivity contribution in [2.45, 2.75) is 19.3 Å². The smallest absolute Gasteiger partial charge is 0.310 e. The summed E-state index contributed by atoms with van der Waals surface area (Å²) in [5, 5.41) is 0. The molecule has 0 saturated carbocycles. The van der Waals surface area contributed by atoms with Crippen LogP contribution < -0.4 is 5.73 Å². The Balaban J connectivity index is 2.09. The van der Waals surface area contributed by atoms with Crippen LogP contribution in [0.1, 0.15) is 24.0 Å². The maximum Gasteiger partial charge on any atom is 0.310 e. The maximum atomic E-state index is 11.3.